The average molecular weight is 307 g/mol. The van der Waals surface area contributed by atoms with Crippen molar-refractivity contribution in [3.8, 4) is 22.6 Å². The third kappa shape index (κ3) is 2.06. The first-order chi connectivity index (χ1) is 11.1. The van der Waals surface area contributed by atoms with Crippen LogP contribution in [0.5, 0.6) is 0 Å². The van der Waals surface area contributed by atoms with Crippen LogP contribution in [0.3, 0.4) is 0 Å². The fraction of sp³-hybridized carbons (Fsp3) is 0.0714. The Morgan fingerprint density at radius 1 is 1.09 bits per heavy atom. The van der Waals surface area contributed by atoms with Crippen LogP contribution in [-0.2, 0) is 0 Å². The van der Waals surface area contributed by atoms with Crippen LogP contribution in [0.2, 0.25) is 0 Å². The van der Waals surface area contributed by atoms with E-state index in [1.807, 2.05) is 12.1 Å². The Bertz CT molecular complexity index is 980. The molecule has 0 radical (unpaired) electrons. The molecule has 0 unspecified atom stereocenters. The maximum atomic E-state index is 6.11. The van der Waals surface area contributed by atoms with E-state index in [9.17, 15) is 0 Å². The predicted molar refractivity (Wildman–Crippen MR) is 85.2 cm³/mol. The third-order valence-electron chi connectivity index (χ3n) is 3.44. The first kappa shape index (κ1) is 13.2. The fourth-order valence-corrected chi connectivity index (χ4v) is 2.53. The molecule has 0 atom stereocenters. The number of imidazole rings is 1. The fourth-order valence-electron chi connectivity index (χ4n) is 2.53. The number of rotatable bonds is 2. The van der Waals surface area contributed by atoms with Gasteiger partial charge in [-0.05, 0) is 19.1 Å². The minimum Gasteiger partial charge on any atom is -0.384 e. The predicted octanol–water partition coefficient (Wildman–Crippen LogP) is 1.05. The normalized spacial score (nSPS) is 11.2. The molecule has 9 heteroatoms. The number of H-pyrrole nitrogens is 1. The van der Waals surface area contributed by atoms with E-state index in [1.54, 1.807) is 29.9 Å². The standard InChI is InChI=1S/C14H13N9/c1-7-19-10(6-11(15)20-7)12-13(16)21-14-8(2-5-18-23(12)14)9-3-4-17-22-9/h2-6H,16H2,1H3,(H,17,22)(H2,15,19,20). The summed E-state index contributed by atoms with van der Waals surface area (Å²) in [5.41, 5.74) is 15.4. The lowest BCUT2D eigenvalue weighted by Crippen LogP contribution is -2.02. The van der Waals surface area contributed by atoms with E-state index in [4.69, 9.17) is 11.5 Å². The van der Waals surface area contributed by atoms with Crippen molar-refractivity contribution in [3.63, 3.8) is 0 Å². The lowest BCUT2D eigenvalue weighted by Gasteiger charge is -2.05. The van der Waals surface area contributed by atoms with Gasteiger partial charge in [0, 0.05) is 24.0 Å². The van der Waals surface area contributed by atoms with Gasteiger partial charge in [0.2, 0.25) is 0 Å². The summed E-state index contributed by atoms with van der Waals surface area (Å²) >= 11 is 0. The number of hydrogen-bond donors (Lipinski definition) is 3. The molecule has 4 heterocycles. The maximum absolute atomic E-state index is 6.11. The molecule has 5 N–H and O–H groups in total. The molecule has 0 spiro atoms. The molecule has 4 aromatic rings. The minimum absolute atomic E-state index is 0.321. The van der Waals surface area contributed by atoms with Crippen LogP contribution in [0, 0.1) is 6.92 Å². The number of nitrogens with two attached hydrogens (primary N) is 2. The highest BCUT2D eigenvalue weighted by molar-refractivity contribution is 5.81. The van der Waals surface area contributed by atoms with E-state index in [0.29, 0.717) is 34.5 Å². The van der Waals surface area contributed by atoms with Crippen molar-refractivity contribution >= 4 is 17.3 Å². The molecule has 114 valence electrons. The molecule has 0 amide bonds. The Balaban J connectivity index is 2.02. The maximum Gasteiger partial charge on any atom is 0.166 e. The van der Waals surface area contributed by atoms with Crippen molar-refractivity contribution < 1.29 is 0 Å². The topological polar surface area (TPSA) is 137 Å². The molecule has 23 heavy (non-hydrogen) atoms. The van der Waals surface area contributed by atoms with Gasteiger partial charge < -0.3 is 11.5 Å². The smallest absolute Gasteiger partial charge is 0.166 e. The first-order valence-electron chi connectivity index (χ1n) is 6.88. The number of aryl methyl sites for hydroxylation is 1. The summed E-state index contributed by atoms with van der Waals surface area (Å²) in [5, 5.41) is 11.2. The van der Waals surface area contributed by atoms with Gasteiger partial charge in [0.15, 0.2) is 11.5 Å². The Kier molecular flexibility index (Phi) is 2.73. The molecule has 0 bridgehead atoms. The third-order valence-corrected chi connectivity index (χ3v) is 3.44. The van der Waals surface area contributed by atoms with Crippen LogP contribution in [0.25, 0.3) is 28.3 Å². The molecule has 0 aromatic carbocycles. The van der Waals surface area contributed by atoms with Gasteiger partial charge >= 0.3 is 0 Å². The number of nitrogens with zero attached hydrogens (tertiary/aromatic N) is 6. The quantitative estimate of drug-likeness (QED) is 0.503. The Labute approximate surface area is 130 Å². The van der Waals surface area contributed by atoms with Crippen molar-refractivity contribution in [2.45, 2.75) is 6.92 Å². The summed E-state index contributed by atoms with van der Waals surface area (Å²) in [7, 11) is 0. The molecule has 0 saturated carbocycles. The Hall–Kier alpha value is -3.49. The number of aromatic amines is 1. The van der Waals surface area contributed by atoms with Crippen molar-refractivity contribution in [2.24, 2.45) is 0 Å². The molecule has 0 aliphatic heterocycles. The monoisotopic (exact) mass is 307 g/mol. The summed E-state index contributed by atoms with van der Waals surface area (Å²) in [6.07, 6.45) is 3.35. The molecular weight excluding hydrogens is 294 g/mol. The highest BCUT2D eigenvalue weighted by Gasteiger charge is 2.18. The van der Waals surface area contributed by atoms with E-state index < -0.39 is 0 Å². The van der Waals surface area contributed by atoms with Crippen molar-refractivity contribution in [3.05, 3.63) is 36.4 Å². The van der Waals surface area contributed by atoms with Crippen molar-refractivity contribution in [2.75, 3.05) is 11.5 Å². The zero-order chi connectivity index (χ0) is 16.0. The first-order valence-corrected chi connectivity index (χ1v) is 6.88. The van der Waals surface area contributed by atoms with Crippen LogP contribution in [0.15, 0.2) is 30.6 Å². The average Bonchev–Trinajstić information content (AvgIpc) is 3.12. The van der Waals surface area contributed by atoms with Crippen LogP contribution in [0.4, 0.5) is 11.6 Å². The molecule has 0 fully saturated rings. The van der Waals surface area contributed by atoms with Crippen LogP contribution < -0.4 is 11.5 Å². The second-order valence-corrected chi connectivity index (χ2v) is 5.02. The number of nitrogen functional groups attached to an aromatic ring is 2. The zero-order valence-corrected chi connectivity index (χ0v) is 12.2. The molecular formula is C14H13N9. The van der Waals surface area contributed by atoms with Gasteiger partial charge in [-0.15, -0.1) is 0 Å². The molecule has 0 saturated heterocycles. The van der Waals surface area contributed by atoms with Gasteiger partial charge in [-0.2, -0.15) is 10.2 Å². The van der Waals surface area contributed by atoms with Crippen molar-refractivity contribution in [1.29, 1.82) is 0 Å². The van der Waals surface area contributed by atoms with Gasteiger partial charge in [0.1, 0.15) is 17.3 Å². The molecule has 9 nitrogen and oxygen atoms in total. The summed E-state index contributed by atoms with van der Waals surface area (Å²) in [5.74, 6) is 1.24. The van der Waals surface area contributed by atoms with Gasteiger partial charge in [0.05, 0.1) is 11.4 Å². The van der Waals surface area contributed by atoms with E-state index in [0.717, 1.165) is 11.3 Å². The van der Waals surface area contributed by atoms with E-state index in [-0.39, 0.29) is 0 Å². The summed E-state index contributed by atoms with van der Waals surface area (Å²) in [6.45, 7) is 1.77. The molecule has 0 aliphatic rings. The van der Waals surface area contributed by atoms with Gasteiger partial charge in [0.25, 0.3) is 0 Å². The lowest BCUT2D eigenvalue weighted by molar-refractivity contribution is 0.932. The molecule has 4 aromatic heterocycles. The van der Waals surface area contributed by atoms with Gasteiger partial charge in [-0.3, -0.25) is 5.10 Å². The van der Waals surface area contributed by atoms with Gasteiger partial charge in [-0.1, -0.05) is 0 Å². The number of hydrogen-bond acceptors (Lipinski definition) is 7. The van der Waals surface area contributed by atoms with Crippen LogP contribution in [0.1, 0.15) is 5.82 Å². The highest BCUT2D eigenvalue weighted by atomic mass is 15.3. The van der Waals surface area contributed by atoms with E-state index >= 15 is 0 Å². The van der Waals surface area contributed by atoms with Crippen LogP contribution >= 0.6 is 0 Å². The van der Waals surface area contributed by atoms with Crippen LogP contribution in [-0.4, -0.2) is 34.8 Å². The second kappa shape index (κ2) is 4.77. The summed E-state index contributed by atoms with van der Waals surface area (Å²) < 4.78 is 1.65. The molecule has 0 aliphatic carbocycles. The SMILES string of the molecule is Cc1nc(N)cc(-c2c(N)nc3c(-c4ccn[nH]4)ccnn23)n1. The summed E-state index contributed by atoms with van der Waals surface area (Å²) in [6, 6.07) is 5.35. The lowest BCUT2D eigenvalue weighted by atomic mass is 10.2. The highest BCUT2D eigenvalue weighted by Crippen LogP contribution is 2.29. The molecule has 4 rings (SSSR count). The zero-order valence-electron chi connectivity index (χ0n) is 12.2. The largest absolute Gasteiger partial charge is 0.384 e. The number of nitrogens with one attached hydrogen (secondary N) is 1. The van der Waals surface area contributed by atoms with E-state index in [1.165, 1.54) is 0 Å². The Morgan fingerprint density at radius 2 is 1.96 bits per heavy atom. The number of fused-ring (bicyclic) bond motifs is 1. The Morgan fingerprint density at radius 3 is 2.70 bits per heavy atom. The van der Waals surface area contributed by atoms with Gasteiger partial charge in [-0.25, -0.2) is 19.5 Å². The van der Waals surface area contributed by atoms with Crippen molar-refractivity contribution in [1.82, 2.24) is 34.8 Å². The van der Waals surface area contributed by atoms with E-state index in [2.05, 4.69) is 30.2 Å². The number of aromatic nitrogens is 7. The summed E-state index contributed by atoms with van der Waals surface area (Å²) in [4.78, 5) is 12.9. The number of anilines is 2. The minimum atomic E-state index is 0.321. The second-order valence-electron chi connectivity index (χ2n) is 5.02.